The zero-order valence-electron chi connectivity index (χ0n) is 11.9. The summed E-state index contributed by atoms with van der Waals surface area (Å²) in [4.78, 5) is 4.48. The molecule has 1 atom stereocenters. The molecule has 1 aromatic carbocycles. The fourth-order valence-corrected chi connectivity index (χ4v) is 2.72. The van der Waals surface area contributed by atoms with Gasteiger partial charge in [0.1, 0.15) is 5.82 Å². The second-order valence-corrected chi connectivity index (χ2v) is 6.32. The minimum atomic E-state index is -0.218. The normalized spacial score (nSPS) is 24.1. The number of rotatable bonds is 4. The summed E-state index contributed by atoms with van der Waals surface area (Å²) in [6.07, 6.45) is 2.97. The molecule has 3 nitrogen and oxygen atoms in total. The molecule has 3 N–H and O–H groups in total. The third kappa shape index (κ3) is 3.72. The number of nitrogens with zero attached hydrogens (tertiary/aromatic N) is 1. The molecule has 1 fully saturated rings. The van der Waals surface area contributed by atoms with Crippen molar-refractivity contribution in [3.8, 4) is 0 Å². The Bertz CT molecular complexity index is 498. The minimum absolute atomic E-state index is 0.218. The van der Waals surface area contributed by atoms with Gasteiger partial charge in [-0.1, -0.05) is 13.0 Å². The van der Waals surface area contributed by atoms with E-state index in [-0.39, 0.29) is 11.9 Å². The molecule has 5 heteroatoms. The first-order valence-corrected chi connectivity index (χ1v) is 7.83. The van der Waals surface area contributed by atoms with Gasteiger partial charge in [0.05, 0.1) is 10.5 Å². The van der Waals surface area contributed by atoms with E-state index in [2.05, 4.69) is 40.1 Å². The quantitative estimate of drug-likeness (QED) is 0.650. The lowest BCUT2D eigenvalue weighted by atomic mass is 9.76. The predicted molar refractivity (Wildman–Crippen MR) is 84.4 cm³/mol. The lowest BCUT2D eigenvalue weighted by Crippen LogP contribution is -2.40. The van der Waals surface area contributed by atoms with Crippen LogP contribution >= 0.6 is 15.9 Å². The maximum Gasteiger partial charge on any atom is 0.189 e. The van der Waals surface area contributed by atoms with Crippen molar-refractivity contribution in [2.24, 2.45) is 10.7 Å². The molecule has 2 rings (SSSR count). The Morgan fingerprint density at radius 3 is 2.85 bits per heavy atom. The van der Waals surface area contributed by atoms with Crippen LogP contribution in [-0.4, -0.2) is 18.0 Å². The lowest BCUT2D eigenvalue weighted by Gasteiger charge is -2.33. The largest absolute Gasteiger partial charge is 0.370 e. The van der Waals surface area contributed by atoms with Crippen molar-refractivity contribution in [2.75, 3.05) is 0 Å². The van der Waals surface area contributed by atoms with E-state index in [0.717, 1.165) is 24.8 Å². The molecule has 1 aliphatic carbocycles. The second-order valence-electron chi connectivity index (χ2n) is 5.46. The molecule has 0 bridgehead atoms. The summed E-state index contributed by atoms with van der Waals surface area (Å²) in [6, 6.07) is 5.85. The molecule has 1 aliphatic rings. The molecule has 1 unspecified atom stereocenters. The predicted octanol–water partition coefficient (Wildman–Crippen LogP) is 3.54. The monoisotopic (exact) mass is 341 g/mol. The van der Waals surface area contributed by atoms with E-state index >= 15 is 0 Å². The highest BCUT2D eigenvalue weighted by Crippen LogP contribution is 2.39. The van der Waals surface area contributed by atoms with Crippen LogP contribution in [0.25, 0.3) is 0 Å². The van der Waals surface area contributed by atoms with Crippen LogP contribution in [0.5, 0.6) is 0 Å². The van der Waals surface area contributed by atoms with E-state index in [4.69, 9.17) is 5.73 Å². The van der Waals surface area contributed by atoms with E-state index in [9.17, 15) is 4.39 Å². The molecule has 0 heterocycles. The van der Waals surface area contributed by atoms with Gasteiger partial charge in [-0.05, 0) is 65.7 Å². The summed E-state index contributed by atoms with van der Waals surface area (Å²) in [5.74, 6) is 0.768. The number of nitrogens with two attached hydrogens (primary N) is 1. The van der Waals surface area contributed by atoms with Crippen LogP contribution < -0.4 is 11.1 Å². The van der Waals surface area contributed by atoms with Crippen molar-refractivity contribution in [3.63, 3.8) is 0 Å². The van der Waals surface area contributed by atoms with Crippen LogP contribution in [0, 0.1) is 5.82 Å². The van der Waals surface area contributed by atoms with E-state index in [1.165, 1.54) is 6.07 Å². The van der Waals surface area contributed by atoms with Crippen molar-refractivity contribution in [1.82, 2.24) is 5.32 Å². The topological polar surface area (TPSA) is 50.4 Å². The first kappa shape index (κ1) is 15.3. The molecule has 0 aliphatic heterocycles. The van der Waals surface area contributed by atoms with Crippen molar-refractivity contribution in [1.29, 1.82) is 0 Å². The molecule has 1 aromatic rings. The summed E-state index contributed by atoms with van der Waals surface area (Å²) in [5.41, 5.74) is 7.04. The Balaban J connectivity index is 1.88. The van der Waals surface area contributed by atoms with Gasteiger partial charge in [-0.3, -0.25) is 4.99 Å². The van der Waals surface area contributed by atoms with Crippen molar-refractivity contribution >= 4 is 21.9 Å². The Morgan fingerprint density at radius 1 is 1.55 bits per heavy atom. The number of hydrogen-bond donors (Lipinski definition) is 2. The van der Waals surface area contributed by atoms with Gasteiger partial charge in [0.15, 0.2) is 5.96 Å². The number of halogens is 2. The van der Waals surface area contributed by atoms with Gasteiger partial charge < -0.3 is 11.1 Å². The molecule has 0 saturated heterocycles. The SMILES string of the molecule is CCC(C)NC(N)=NC1CC(c2ccc(F)c(Br)c2)C1. The van der Waals surface area contributed by atoms with Gasteiger partial charge >= 0.3 is 0 Å². The number of aliphatic imine (C=N–C) groups is 1. The van der Waals surface area contributed by atoms with Crippen molar-refractivity contribution < 1.29 is 4.39 Å². The van der Waals surface area contributed by atoms with Crippen LogP contribution in [0.4, 0.5) is 4.39 Å². The van der Waals surface area contributed by atoms with E-state index in [0.29, 0.717) is 22.4 Å². The molecule has 110 valence electrons. The second kappa shape index (κ2) is 6.57. The molecule has 0 aromatic heterocycles. The maximum atomic E-state index is 13.2. The minimum Gasteiger partial charge on any atom is -0.370 e. The summed E-state index contributed by atoms with van der Waals surface area (Å²) < 4.78 is 13.7. The number of guanidine groups is 1. The highest BCUT2D eigenvalue weighted by atomic mass is 79.9. The molecule has 0 spiro atoms. The third-order valence-electron chi connectivity index (χ3n) is 3.86. The van der Waals surface area contributed by atoms with Crippen LogP contribution in [-0.2, 0) is 0 Å². The molecular weight excluding hydrogens is 321 g/mol. The Labute approximate surface area is 128 Å². The molecular formula is C15H21BrFN3. The van der Waals surface area contributed by atoms with Crippen LogP contribution in [0.1, 0.15) is 44.6 Å². The highest BCUT2D eigenvalue weighted by Gasteiger charge is 2.30. The number of nitrogens with one attached hydrogen (secondary N) is 1. The van der Waals surface area contributed by atoms with Crippen molar-refractivity contribution in [3.05, 3.63) is 34.1 Å². The average molecular weight is 342 g/mol. The zero-order chi connectivity index (χ0) is 14.7. The van der Waals surface area contributed by atoms with Gasteiger partial charge in [0, 0.05) is 6.04 Å². The highest BCUT2D eigenvalue weighted by molar-refractivity contribution is 9.10. The van der Waals surface area contributed by atoms with Crippen LogP contribution in [0.3, 0.4) is 0 Å². The van der Waals surface area contributed by atoms with Gasteiger partial charge in [-0.25, -0.2) is 4.39 Å². The van der Waals surface area contributed by atoms with Crippen LogP contribution in [0.15, 0.2) is 27.7 Å². The fourth-order valence-electron chi connectivity index (χ4n) is 2.32. The smallest absolute Gasteiger partial charge is 0.189 e. The first-order valence-electron chi connectivity index (χ1n) is 7.04. The van der Waals surface area contributed by atoms with Gasteiger partial charge in [-0.2, -0.15) is 0 Å². The molecule has 0 radical (unpaired) electrons. The fraction of sp³-hybridized carbons (Fsp3) is 0.533. The van der Waals surface area contributed by atoms with Crippen molar-refractivity contribution in [2.45, 2.75) is 51.1 Å². The van der Waals surface area contributed by atoms with Gasteiger partial charge in [-0.15, -0.1) is 0 Å². The van der Waals surface area contributed by atoms with Crippen LogP contribution in [0.2, 0.25) is 0 Å². The number of hydrogen-bond acceptors (Lipinski definition) is 1. The Hall–Kier alpha value is -1.10. The zero-order valence-corrected chi connectivity index (χ0v) is 13.5. The van der Waals surface area contributed by atoms with E-state index < -0.39 is 0 Å². The standard InChI is InChI=1S/C15H21BrFN3/c1-3-9(2)19-15(18)20-12-6-11(7-12)10-4-5-14(17)13(16)8-10/h4-5,8-9,11-12H,3,6-7H2,1-2H3,(H3,18,19,20). The molecule has 0 amide bonds. The van der Waals surface area contributed by atoms with Gasteiger partial charge in [0.25, 0.3) is 0 Å². The average Bonchev–Trinajstić information content (AvgIpc) is 2.36. The summed E-state index contributed by atoms with van der Waals surface area (Å²) in [6.45, 7) is 4.19. The lowest BCUT2D eigenvalue weighted by molar-refractivity contribution is 0.352. The molecule has 20 heavy (non-hydrogen) atoms. The first-order chi connectivity index (χ1) is 9.49. The summed E-state index contributed by atoms with van der Waals surface area (Å²) in [7, 11) is 0. The Morgan fingerprint density at radius 2 is 2.25 bits per heavy atom. The summed E-state index contributed by atoms with van der Waals surface area (Å²) in [5, 5.41) is 3.17. The number of benzene rings is 1. The van der Waals surface area contributed by atoms with E-state index in [1.54, 1.807) is 0 Å². The molecule has 1 saturated carbocycles. The third-order valence-corrected chi connectivity index (χ3v) is 4.46. The maximum absolute atomic E-state index is 13.2. The van der Waals surface area contributed by atoms with Gasteiger partial charge in [0.2, 0.25) is 0 Å². The summed E-state index contributed by atoms with van der Waals surface area (Å²) >= 11 is 3.23. The Kier molecular flexibility index (Phi) is 5.02. The van der Waals surface area contributed by atoms with E-state index in [1.807, 2.05) is 12.1 Å².